The number of benzene rings is 1. The van der Waals surface area contributed by atoms with Gasteiger partial charge in [0, 0.05) is 17.0 Å². The first-order valence-electron chi connectivity index (χ1n) is 4.45. The number of hydrogen-bond donors (Lipinski definition) is 1. The molecule has 0 amide bonds. The molecule has 0 saturated heterocycles. The van der Waals surface area contributed by atoms with Crippen LogP contribution in [0.25, 0.3) is 21.8 Å². The van der Waals surface area contributed by atoms with Gasteiger partial charge in [0.25, 0.3) is 0 Å². The zero-order chi connectivity index (χ0) is 10.3. The highest BCUT2D eigenvalue weighted by Crippen LogP contribution is 2.23. The van der Waals surface area contributed by atoms with Crippen LogP contribution in [0.15, 0.2) is 31.0 Å². The molecule has 0 spiro atoms. The van der Waals surface area contributed by atoms with E-state index in [2.05, 4.69) is 19.9 Å². The van der Waals surface area contributed by atoms with Gasteiger partial charge in [-0.1, -0.05) is 0 Å². The molecule has 0 atom stereocenters. The first-order chi connectivity index (χ1) is 7.36. The van der Waals surface area contributed by atoms with Crippen LogP contribution >= 0.6 is 0 Å². The summed E-state index contributed by atoms with van der Waals surface area (Å²) in [6.45, 7) is 0. The highest BCUT2D eigenvalue weighted by molar-refractivity contribution is 6.06. The van der Waals surface area contributed by atoms with Gasteiger partial charge in [-0.3, -0.25) is 0 Å². The third-order valence-electron chi connectivity index (χ3n) is 2.32. The van der Waals surface area contributed by atoms with Gasteiger partial charge in [-0.15, -0.1) is 0 Å². The van der Waals surface area contributed by atoms with Crippen molar-refractivity contribution >= 4 is 27.6 Å². The summed E-state index contributed by atoms with van der Waals surface area (Å²) in [6.07, 6.45) is 4.69. The summed E-state index contributed by atoms with van der Waals surface area (Å²) in [4.78, 5) is 16.3. The van der Waals surface area contributed by atoms with Gasteiger partial charge in [0.2, 0.25) is 0 Å². The number of anilines is 1. The smallest absolute Gasteiger partial charge is 0.134 e. The number of rotatable bonds is 0. The molecular formula is C10H7N5. The minimum atomic E-state index is 0.478. The second-order valence-corrected chi connectivity index (χ2v) is 3.18. The summed E-state index contributed by atoms with van der Waals surface area (Å²) in [6, 6.07) is 3.76. The van der Waals surface area contributed by atoms with Crippen molar-refractivity contribution in [2.75, 3.05) is 5.73 Å². The van der Waals surface area contributed by atoms with Crippen LogP contribution in [-0.4, -0.2) is 19.9 Å². The molecule has 0 bridgehead atoms. The van der Waals surface area contributed by atoms with Gasteiger partial charge in [-0.25, -0.2) is 19.9 Å². The van der Waals surface area contributed by atoms with E-state index in [-0.39, 0.29) is 0 Å². The van der Waals surface area contributed by atoms with Crippen LogP contribution in [-0.2, 0) is 0 Å². The number of nitrogens with two attached hydrogens (primary N) is 1. The number of nitrogens with zero attached hydrogens (tertiary/aromatic N) is 4. The Morgan fingerprint density at radius 2 is 1.87 bits per heavy atom. The summed E-state index contributed by atoms with van der Waals surface area (Å²) >= 11 is 0. The third kappa shape index (κ3) is 1.10. The van der Waals surface area contributed by atoms with Crippen molar-refractivity contribution in [3.05, 3.63) is 31.0 Å². The maximum atomic E-state index is 5.76. The van der Waals surface area contributed by atoms with Gasteiger partial charge in [0.05, 0.1) is 11.0 Å². The van der Waals surface area contributed by atoms with Crippen LogP contribution in [0.5, 0.6) is 0 Å². The normalized spacial score (nSPS) is 10.9. The van der Waals surface area contributed by atoms with Crippen LogP contribution in [0.3, 0.4) is 0 Å². The summed E-state index contributed by atoms with van der Waals surface area (Å²) in [7, 11) is 0. The monoisotopic (exact) mass is 197 g/mol. The lowest BCUT2D eigenvalue weighted by molar-refractivity contribution is 1.21. The molecule has 0 saturated carbocycles. The second-order valence-electron chi connectivity index (χ2n) is 3.18. The van der Waals surface area contributed by atoms with Crippen LogP contribution in [0.4, 0.5) is 5.82 Å². The van der Waals surface area contributed by atoms with Gasteiger partial charge in [-0.05, 0) is 12.1 Å². The van der Waals surface area contributed by atoms with Crippen LogP contribution in [0.1, 0.15) is 0 Å². The highest BCUT2D eigenvalue weighted by atomic mass is 14.9. The Bertz CT molecular complexity index is 649. The van der Waals surface area contributed by atoms with Crippen molar-refractivity contribution < 1.29 is 0 Å². The van der Waals surface area contributed by atoms with Crippen LogP contribution in [0, 0.1) is 0 Å². The van der Waals surface area contributed by atoms with Crippen molar-refractivity contribution in [2.45, 2.75) is 0 Å². The fourth-order valence-corrected chi connectivity index (χ4v) is 1.60. The molecule has 0 unspecified atom stereocenters. The van der Waals surface area contributed by atoms with Gasteiger partial charge >= 0.3 is 0 Å². The third-order valence-corrected chi connectivity index (χ3v) is 2.32. The van der Waals surface area contributed by atoms with Crippen molar-refractivity contribution in [3.8, 4) is 0 Å². The minimum absolute atomic E-state index is 0.478. The van der Waals surface area contributed by atoms with E-state index in [1.165, 1.54) is 12.7 Å². The van der Waals surface area contributed by atoms with Crippen molar-refractivity contribution in [3.63, 3.8) is 0 Å². The average molecular weight is 197 g/mol. The molecule has 0 aliphatic carbocycles. The molecule has 3 rings (SSSR count). The zero-order valence-corrected chi connectivity index (χ0v) is 7.75. The molecule has 0 radical (unpaired) electrons. The van der Waals surface area contributed by atoms with Gasteiger partial charge in [-0.2, -0.15) is 0 Å². The molecule has 5 nitrogen and oxygen atoms in total. The Labute approximate surface area is 85.0 Å². The fourth-order valence-electron chi connectivity index (χ4n) is 1.60. The largest absolute Gasteiger partial charge is 0.383 e. The van der Waals surface area contributed by atoms with E-state index in [0.717, 1.165) is 21.8 Å². The van der Waals surface area contributed by atoms with Crippen LogP contribution < -0.4 is 5.73 Å². The Hall–Kier alpha value is -2.30. The first-order valence-corrected chi connectivity index (χ1v) is 4.45. The molecule has 2 N–H and O–H groups in total. The van der Waals surface area contributed by atoms with Gasteiger partial charge in [0.15, 0.2) is 0 Å². The van der Waals surface area contributed by atoms with Crippen molar-refractivity contribution in [1.29, 1.82) is 0 Å². The lowest BCUT2D eigenvalue weighted by Crippen LogP contribution is -1.94. The van der Waals surface area contributed by atoms with E-state index in [1.807, 2.05) is 12.1 Å². The molecule has 0 aliphatic rings. The molecule has 15 heavy (non-hydrogen) atoms. The molecule has 2 heterocycles. The topological polar surface area (TPSA) is 77.6 Å². The molecule has 0 aliphatic heterocycles. The molecular weight excluding hydrogens is 190 g/mol. The Kier molecular flexibility index (Phi) is 1.53. The van der Waals surface area contributed by atoms with Gasteiger partial charge < -0.3 is 5.73 Å². The van der Waals surface area contributed by atoms with Crippen LogP contribution in [0.2, 0.25) is 0 Å². The SMILES string of the molecule is Nc1ncnc2c1ccc1ncncc12. The summed E-state index contributed by atoms with van der Waals surface area (Å²) in [5, 5.41) is 1.73. The predicted octanol–water partition coefficient (Wildman–Crippen LogP) is 1.16. The Balaban J connectivity index is 2.60. The second kappa shape index (κ2) is 2.84. The quantitative estimate of drug-likeness (QED) is 0.547. The Morgan fingerprint density at radius 3 is 2.80 bits per heavy atom. The molecule has 2 aromatic heterocycles. The zero-order valence-electron chi connectivity index (χ0n) is 7.75. The molecule has 3 aromatic rings. The van der Waals surface area contributed by atoms with E-state index in [9.17, 15) is 0 Å². The Morgan fingerprint density at radius 1 is 0.933 bits per heavy atom. The standard InChI is InChI=1S/C10H7N5/c11-10-6-1-2-8-7(3-12-4-13-8)9(6)14-5-15-10/h1-5H,(H2,11,14,15). The molecule has 72 valence electrons. The molecule has 0 fully saturated rings. The summed E-state index contributed by atoms with van der Waals surface area (Å²) < 4.78 is 0. The van der Waals surface area contributed by atoms with Gasteiger partial charge in [0.1, 0.15) is 18.5 Å². The number of aromatic nitrogens is 4. The number of fused-ring (bicyclic) bond motifs is 3. The van der Waals surface area contributed by atoms with E-state index in [4.69, 9.17) is 5.73 Å². The van der Waals surface area contributed by atoms with E-state index < -0.39 is 0 Å². The number of nitrogen functional groups attached to an aromatic ring is 1. The van der Waals surface area contributed by atoms with E-state index >= 15 is 0 Å². The maximum absolute atomic E-state index is 5.76. The predicted molar refractivity (Wildman–Crippen MR) is 57.0 cm³/mol. The first kappa shape index (κ1) is 8.05. The number of hydrogen-bond acceptors (Lipinski definition) is 5. The molecule has 5 heteroatoms. The van der Waals surface area contributed by atoms with Crippen molar-refractivity contribution in [2.24, 2.45) is 0 Å². The lowest BCUT2D eigenvalue weighted by Gasteiger charge is -2.02. The lowest BCUT2D eigenvalue weighted by atomic mass is 10.1. The highest BCUT2D eigenvalue weighted by Gasteiger charge is 2.04. The van der Waals surface area contributed by atoms with Crippen molar-refractivity contribution in [1.82, 2.24) is 19.9 Å². The summed E-state index contributed by atoms with van der Waals surface area (Å²) in [5.41, 5.74) is 7.40. The van der Waals surface area contributed by atoms with E-state index in [0.29, 0.717) is 5.82 Å². The summed E-state index contributed by atoms with van der Waals surface area (Å²) in [5.74, 6) is 0.478. The maximum Gasteiger partial charge on any atom is 0.134 e. The fraction of sp³-hybridized carbons (Fsp3) is 0. The average Bonchev–Trinajstić information content (AvgIpc) is 2.29. The minimum Gasteiger partial charge on any atom is -0.383 e. The molecule has 1 aromatic carbocycles. The van der Waals surface area contributed by atoms with E-state index in [1.54, 1.807) is 6.20 Å².